The van der Waals surface area contributed by atoms with Crippen molar-refractivity contribution in [3.63, 3.8) is 0 Å². The Kier molecular flexibility index (Phi) is 7.51. The molecular formula is C34H42N2O5. The van der Waals surface area contributed by atoms with Crippen LogP contribution in [0.3, 0.4) is 0 Å². The Morgan fingerprint density at radius 2 is 1.71 bits per heavy atom. The number of rotatable bonds is 7. The van der Waals surface area contributed by atoms with Crippen molar-refractivity contribution in [3.05, 3.63) is 70.0 Å². The number of carbonyl (C=O) groups is 2. The van der Waals surface area contributed by atoms with E-state index in [4.69, 9.17) is 9.47 Å². The smallest absolute Gasteiger partial charge is 0.343 e. The van der Waals surface area contributed by atoms with Crippen LogP contribution in [0.5, 0.6) is 5.75 Å². The lowest BCUT2D eigenvalue weighted by atomic mass is 9.49. The van der Waals surface area contributed by atoms with Crippen LogP contribution in [0, 0.1) is 22.2 Å². The summed E-state index contributed by atoms with van der Waals surface area (Å²) in [6, 6.07) is 14.5. The van der Waals surface area contributed by atoms with E-state index in [9.17, 15) is 14.4 Å². The quantitative estimate of drug-likeness (QED) is 0.322. The fourth-order valence-electron chi connectivity index (χ4n) is 8.48. The number of nitrogens with one attached hydrogen (secondary N) is 1. The minimum absolute atomic E-state index is 0.0460. The lowest BCUT2D eigenvalue weighted by molar-refractivity contribution is -0.121. The Morgan fingerprint density at radius 1 is 0.976 bits per heavy atom. The zero-order chi connectivity index (χ0) is 29.6. The summed E-state index contributed by atoms with van der Waals surface area (Å²) >= 11 is 0. The second kappa shape index (κ2) is 10.7. The molecule has 2 bridgehead atoms. The van der Waals surface area contributed by atoms with E-state index in [1.807, 2.05) is 42.5 Å². The summed E-state index contributed by atoms with van der Waals surface area (Å²) in [5.74, 6) is 0.601. The van der Waals surface area contributed by atoms with Crippen molar-refractivity contribution in [3.8, 4) is 5.75 Å². The second-order valence-electron chi connectivity index (χ2n) is 13.9. The van der Waals surface area contributed by atoms with Crippen LogP contribution in [0.15, 0.2) is 53.3 Å². The number of hydrogen-bond acceptors (Lipinski definition) is 5. The lowest BCUT2D eigenvalue weighted by Crippen LogP contribution is -2.46. The fraction of sp³-hybridized carbons (Fsp3) is 0.500. The third-order valence-corrected chi connectivity index (χ3v) is 9.07. The highest BCUT2D eigenvalue weighted by molar-refractivity contribution is 6.03. The van der Waals surface area contributed by atoms with Gasteiger partial charge in [0.05, 0.1) is 32.0 Å². The monoisotopic (exact) mass is 558 g/mol. The van der Waals surface area contributed by atoms with Crippen molar-refractivity contribution < 1.29 is 19.1 Å². The summed E-state index contributed by atoms with van der Waals surface area (Å²) in [6.07, 6.45) is 6.19. The Balaban J connectivity index is 1.46. The molecule has 3 atom stereocenters. The van der Waals surface area contributed by atoms with E-state index in [2.05, 4.69) is 33.0 Å². The number of benzene rings is 2. The summed E-state index contributed by atoms with van der Waals surface area (Å²) in [7, 11) is 2.86. The van der Waals surface area contributed by atoms with Gasteiger partial charge in [-0.2, -0.15) is 0 Å². The third-order valence-electron chi connectivity index (χ3n) is 9.07. The number of fused-ring (bicyclic) bond motifs is 3. The van der Waals surface area contributed by atoms with Crippen LogP contribution in [0.25, 0.3) is 10.9 Å². The van der Waals surface area contributed by atoms with Crippen LogP contribution in [-0.4, -0.2) is 30.7 Å². The van der Waals surface area contributed by atoms with Crippen LogP contribution < -0.4 is 15.6 Å². The van der Waals surface area contributed by atoms with Gasteiger partial charge in [-0.05, 0) is 90.2 Å². The molecular weight excluding hydrogens is 516 g/mol. The van der Waals surface area contributed by atoms with Crippen molar-refractivity contribution in [1.29, 1.82) is 0 Å². The first kappa shape index (κ1) is 28.9. The van der Waals surface area contributed by atoms with Gasteiger partial charge in [-0.15, -0.1) is 0 Å². The maximum atomic E-state index is 13.6. The number of amides is 1. The predicted molar refractivity (Wildman–Crippen MR) is 161 cm³/mol. The van der Waals surface area contributed by atoms with Crippen LogP contribution in [0.4, 0.5) is 5.69 Å². The number of anilines is 1. The van der Waals surface area contributed by atoms with E-state index < -0.39 is 11.5 Å². The number of ether oxygens (including phenoxy) is 2. The van der Waals surface area contributed by atoms with Crippen molar-refractivity contribution in [2.24, 2.45) is 22.2 Å². The number of methoxy groups -OCH3 is 2. The fourth-order valence-corrected chi connectivity index (χ4v) is 8.48. The summed E-state index contributed by atoms with van der Waals surface area (Å²) in [5, 5.41) is 3.76. The van der Waals surface area contributed by atoms with E-state index in [0.29, 0.717) is 40.1 Å². The highest BCUT2D eigenvalue weighted by atomic mass is 16.5. The second-order valence-corrected chi connectivity index (χ2v) is 13.9. The predicted octanol–water partition coefficient (Wildman–Crippen LogP) is 6.81. The van der Waals surface area contributed by atoms with E-state index in [1.54, 1.807) is 17.7 Å². The average Bonchev–Trinajstić information content (AvgIpc) is 2.87. The maximum absolute atomic E-state index is 13.6. The van der Waals surface area contributed by atoms with Gasteiger partial charge < -0.3 is 19.4 Å². The Bertz CT molecular complexity index is 1540. The van der Waals surface area contributed by atoms with Crippen LogP contribution in [-0.2, 0) is 16.1 Å². The molecule has 1 heterocycles. The maximum Gasteiger partial charge on any atom is 0.343 e. The zero-order valence-electron chi connectivity index (χ0n) is 25.1. The van der Waals surface area contributed by atoms with Gasteiger partial charge in [0.2, 0.25) is 5.91 Å². The Morgan fingerprint density at radius 3 is 2.37 bits per heavy atom. The number of carbonyl (C=O) groups excluding carboxylic acids is 2. The molecule has 1 N–H and O–H groups in total. The number of aromatic nitrogens is 1. The molecule has 1 aromatic heterocycles. The highest BCUT2D eigenvalue weighted by Gasteiger charge is 2.50. The van der Waals surface area contributed by atoms with Gasteiger partial charge in [-0.1, -0.05) is 45.9 Å². The minimum Gasteiger partial charge on any atom is -0.497 e. The van der Waals surface area contributed by atoms with Crippen LogP contribution in [0.2, 0.25) is 0 Å². The molecule has 1 amide bonds. The first-order valence-corrected chi connectivity index (χ1v) is 14.5. The van der Waals surface area contributed by atoms with Gasteiger partial charge in [-0.25, -0.2) is 4.79 Å². The van der Waals surface area contributed by atoms with Crippen molar-refractivity contribution in [2.75, 3.05) is 19.5 Å². The van der Waals surface area contributed by atoms with Crippen molar-refractivity contribution in [2.45, 2.75) is 72.8 Å². The first-order chi connectivity index (χ1) is 19.3. The molecule has 0 spiro atoms. The van der Waals surface area contributed by atoms with E-state index >= 15 is 0 Å². The van der Waals surface area contributed by atoms with Crippen LogP contribution in [0.1, 0.15) is 82.1 Å². The molecule has 2 aliphatic rings. The van der Waals surface area contributed by atoms with Crippen molar-refractivity contribution in [1.82, 2.24) is 4.57 Å². The highest BCUT2D eigenvalue weighted by Crippen LogP contribution is 2.60. The normalized spacial score (nSPS) is 25.0. The van der Waals surface area contributed by atoms with Crippen molar-refractivity contribution >= 4 is 28.5 Å². The molecule has 2 aromatic carbocycles. The summed E-state index contributed by atoms with van der Waals surface area (Å²) < 4.78 is 11.8. The molecule has 0 radical (unpaired) electrons. The van der Waals surface area contributed by atoms with Crippen LogP contribution >= 0.6 is 0 Å². The van der Waals surface area contributed by atoms with Gasteiger partial charge in [0, 0.05) is 11.8 Å². The molecule has 7 heteroatoms. The molecule has 218 valence electrons. The van der Waals surface area contributed by atoms with Gasteiger partial charge in [-0.3, -0.25) is 9.59 Å². The Labute approximate surface area is 242 Å². The van der Waals surface area contributed by atoms with Gasteiger partial charge in [0.25, 0.3) is 5.56 Å². The molecule has 3 unspecified atom stereocenters. The number of pyridine rings is 1. The summed E-state index contributed by atoms with van der Waals surface area (Å²) in [6.45, 7) is 9.67. The van der Waals surface area contributed by atoms with Gasteiger partial charge in [0.1, 0.15) is 11.3 Å². The Hall–Kier alpha value is -3.61. The van der Waals surface area contributed by atoms with Gasteiger partial charge in [0.15, 0.2) is 0 Å². The molecule has 2 fully saturated rings. The number of nitrogens with zero attached hydrogens (tertiary/aromatic N) is 1. The largest absolute Gasteiger partial charge is 0.497 e. The topological polar surface area (TPSA) is 86.6 Å². The van der Waals surface area contributed by atoms with Gasteiger partial charge >= 0.3 is 5.97 Å². The van der Waals surface area contributed by atoms with E-state index in [1.165, 1.54) is 26.4 Å². The zero-order valence-corrected chi connectivity index (χ0v) is 25.1. The third kappa shape index (κ3) is 6.04. The molecule has 5 rings (SSSR count). The molecule has 7 nitrogen and oxygen atoms in total. The minimum atomic E-state index is -0.709. The average molecular weight is 559 g/mol. The van der Waals surface area contributed by atoms with E-state index in [0.717, 1.165) is 18.4 Å². The van der Waals surface area contributed by atoms with E-state index in [-0.39, 0.29) is 28.8 Å². The first-order valence-electron chi connectivity index (χ1n) is 14.5. The lowest BCUT2D eigenvalue weighted by Gasteiger charge is -2.56. The summed E-state index contributed by atoms with van der Waals surface area (Å²) in [5.41, 5.74) is 2.10. The molecule has 0 aliphatic heterocycles. The summed E-state index contributed by atoms with van der Waals surface area (Å²) in [4.78, 5) is 39.7. The molecule has 0 saturated heterocycles. The molecule has 3 aromatic rings. The number of esters is 1. The standard InChI is InChI=1S/C34H42N2O5/c1-32(2)15-23-16-33(3,21-34(4,17-23)20-32)18-29(37)35-27-8-7-9-28-25(27)14-26(31(39)41-6)30(38)36(28)19-22-10-12-24(40-5)13-11-22/h7-14,23H,15-21H2,1-6H3,(H,35,37). The molecule has 41 heavy (non-hydrogen) atoms. The molecule has 2 saturated carbocycles. The SMILES string of the molecule is COC(=O)c1cc2c(NC(=O)CC3(C)CC4CC(C)(C)CC(C)(C4)C3)cccc2n(Cc2ccc(OC)cc2)c1=O. The molecule has 2 aliphatic carbocycles. The number of hydrogen-bond donors (Lipinski definition) is 1.